The number of benzene rings is 3. The maximum absolute atomic E-state index is 13.7. The Morgan fingerprint density at radius 3 is 2.54 bits per heavy atom. The molecule has 0 saturated heterocycles. The Bertz CT molecular complexity index is 1320. The standard InChI is InChI=1S/C28H27N3O4/c1-30(17-21-19-34-25-14-8-9-15-26(25)35-21)28(32)23-18-31(16-20-10-4-3-5-11-20)29-27(23)22-12-6-7-13-24(22)33-2/h3-15,18,21H,16-17,19H2,1-2H3/t21-/m1/s1. The number of para-hydroxylation sites is 3. The molecule has 0 N–H and O–H groups in total. The van der Waals surface area contributed by atoms with Crippen LogP contribution < -0.4 is 14.2 Å². The summed E-state index contributed by atoms with van der Waals surface area (Å²) in [5.41, 5.74) is 2.96. The lowest BCUT2D eigenvalue weighted by atomic mass is 10.1. The van der Waals surface area contributed by atoms with Crippen LogP contribution in [0.25, 0.3) is 11.3 Å². The first-order chi connectivity index (χ1) is 17.1. The van der Waals surface area contributed by atoms with Crippen LogP contribution in [0.4, 0.5) is 0 Å². The van der Waals surface area contributed by atoms with Crippen LogP contribution in [0.5, 0.6) is 17.2 Å². The van der Waals surface area contributed by atoms with E-state index in [1.807, 2.05) is 78.9 Å². The molecular formula is C28H27N3O4. The summed E-state index contributed by atoms with van der Waals surface area (Å²) in [5, 5.41) is 4.80. The van der Waals surface area contributed by atoms with Crippen molar-refractivity contribution < 1.29 is 19.0 Å². The van der Waals surface area contributed by atoms with Gasteiger partial charge in [-0.1, -0.05) is 54.6 Å². The van der Waals surface area contributed by atoms with Crippen molar-refractivity contribution >= 4 is 5.91 Å². The Hall–Kier alpha value is -4.26. The Labute approximate surface area is 204 Å². The number of carbonyl (C=O) groups is 1. The van der Waals surface area contributed by atoms with Gasteiger partial charge in [-0.2, -0.15) is 5.10 Å². The molecule has 2 heterocycles. The van der Waals surface area contributed by atoms with Crippen molar-refractivity contribution in [1.29, 1.82) is 0 Å². The molecule has 0 unspecified atom stereocenters. The fourth-order valence-corrected chi connectivity index (χ4v) is 4.22. The molecule has 7 nitrogen and oxygen atoms in total. The first-order valence-electron chi connectivity index (χ1n) is 11.5. The summed E-state index contributed by atoms with van der Waals surface area (Å²) in [5.74, 6) is 1.93. The van der Waals surface area contributed by atoms with Crippen molar-refractivity contribution in [1.82, 2.24) is 14.7 Å². The lowest BCUT2D eigenvalue weighted by Crippen LogP contribution is -2.41. The number of carbonyl (C=O) groups excluding carboxylic acids is 1. The van der Waals surface area contributed by atoms with E-state index in [0.717, 1.165) is 16.9 Å². The van der Waals surface area contributed by atoms with E-state index in [9.17, 15) is 4.79 Å². The number of hydrogen-bond acceptors (Lipinski definition) is 5. The minimum atomic E-state index is -0.270. The third kappa shape index (κ3) is 4.84. The van der Waals surface area contributed by atoms with Gasteiger partial charge in [-0.05, 0) is 29.8 Å². The first-order valence-corrected chi connectivity index (χ1v) is 11.5. The second-order valence-electron chi connectivity index (χ2n) is 8.46. The SMILES string of the molecule is COc1ccccc1-c1nn(Cc2ccccc2)cc1C(=O)N(C)C[C@@H]1COc2ccccc2O1. The molecule has 0 bridgehead atoms. The molecule has 1 atom stereocenters. The monoisotopic (exact) mass is 469 g/mol. The lowest BCUT2D eigenvalue weighted by molar-refractivity contribution is 0.0521. The molecule has 1 amide bonds. The number of rotatable bonds is 7. The Morgan fingerprint density at radius 2 is 1.74 bits per heavy atom. The summed E-state index contributed by atoms with van der Waals surface area (Å²) in [4.78, 5) is 15.3. The number of ether oxygens (including phenoxy) is 3. The number of likely N-dealkylation sites (N-methyl/N-ethyl adjacent to an activating group) is 1. The van der Waals surface area contributed by atoms with Crippen LogP contribution in [0.1, 0.15) is 15.9 Å². The van der Waals surface area contributed by atoms with Gasteiger partial charge in [-0.15, -0.1) is 0 Å². The molecule has 1 aromatic heterocycles. The fourth-order valence-electron chi connectivity index (χ4n) is 4.22. The molecule has 0 saturated carbocycles. The highest BCUT2D eigenvalue weighted by atomic mass is 16.6. The van der Waals surface area contributed by atoms with Gasteiger partial charge in [0.2, 0.25) is 0 Å². The third-order valence-electron chi connectivity index (χ3n) is 5.93. The highest BCUT2D eigenvalue weighted by Crippen LogP contribution is 2.33. The zero-order valence-electron chi connectivity index (χ0n) is 19.8. The minimum absolute atomic E-state index is 0.146. The van der Waals surface area contributed by atoms with E-state index in [0.29, 0.717) is 42.5 Å². The highest BCUT2D eigenvalue weighted by molar-refractivity contribution is 6.00. The average Bonchev–Trinajstić information content (AvgIpc) is 3.32. The van der Waals surface area contributed by atoms with Crippen molar-refractivity contribution in [2.24, 2.45) is 0 Å². The zero-order chi connectivity index (χ0) is 24.2. The van der Waals surface area contributed by atoms with E-state index in [-0.39, 0.29) is 12.0 Å². The van der Waals surface area contributed by atoms with Crippen molar-refractivity contribution in [3.63, 3.8) is 0 Å². The van der Waals surface area contributed by atoms with Gasteiger partial charge >= 0.3 is 0 Å². The molecule has 5 rings (SSSR count). The fraction of sp³-hybridized carbons (Fsp3) is 0.214. The summed E-state index contributed by atoms with van der Waals surface area (Å²) >= 11 is 0. The molecule has 0 spiro atoms. The normalized spacial score (nSPS) is 14.4. The van der Waals surface area contributed by atoms with Gasteiger partial charge in [0.1, 0.15) is 18.1 Å². The third-order valence-corrected chi connectivity index (χ3v) is 5.93. The van der Waals surface area contributed by atoms with Crippen molar-refractivity contribution in [2.45, 2.75) is 12.6 Å². The van der Waals surface area contributed by atoms with Crippen molar-refractivity contribution in [3.05, 3.63) is 96.2 Å². The summed E-state index contributed by atoms with van der Waals surface area (Å²) < 4.78 is 19.3. The number of amides is 1. The van der Waals surface area contributed by atoms with Crippen LogP contribution in [-0.2, 0) is 6.54 Å². The Morgan fingerprint density at radius 1 is 1.03 bits per heavy atom. The molecule has 7 heteroatoms. The highest BCUT2D eigenvalue weighted by Gasteiger charge is 2.27. The topological polar surface area (TPSA) is 65.8 Å². The van der Waals surface area contributed by atoms with E-state index in [2.05, 4.69) is 0 Å². The number of nitrogens with zero attached hydrogens (tertiary/aromatic N) is 3. The van der Waals surface area contributed by atoms with E-state index in [1.54, 1.807) is 29.9 Å². The smallest absolute Gasteiger partial charge is 0.257 e. The molecular weight excluding hydrogens is 442 g/mol. The molecule has 1 aliphatic rings. The van der Waals surface area contributed by atoms with Gasteiger partial charge in [0.25, 0.3) is 5.91 Å². The average molecular weight is 470 g/mol. The molecule has 35 heavy (non-hydrogen) atoms. The second kappa shape index (κ2) is 9.93. The molecule has 178 valence electrons. The lowest BCUT2D eigenvalue weighted by Gasteiger charge is -2.29. The number of hydrogen-bond donors (Lipinski definition) is 0. The summed E-state index contributed by atoms with van der Waals surface area (Å²) in [6, 6.07) is 25.2. The Kier molecular flexibility index (Phi) is 6.39. The largest absolute Gasteiger partial charge is 0.496 e. The van der Waals surface area contributed by atoms with E-state index in [1.165, 1.54) is 0 Å². The molecule has 0 fully saturated rings. The van der Waals surface area contributed by atoms with Crippen LogP contribution >= 0.6 is 0 Å². The van der Waals surface area contributed by atoms with Gasteiger partial charge in [0.15, 0.2) is 17.6 Å². The van der Waals surface area contributed by atoms with Gasteiger partial charge in [0.05, 0.1) is 25.8 Å². The van der Waals surface area contributed by atoms with Crippen molar-refractivity contribution in [2.75, 3.05) is 27.3 Å². The summed E-state index contributed by atoms with van der Waals surface area (Å²) in [6.45, 7) is 1.31. The minimum Gasteiger partial charge on any atom is -0.496 e. The summed E-state index contributed by atoms with van der Waals surface area (Å²) in [6.07, 6.45) is 1.54. The first kappa shape index (κ1) is 22.5. The van der Waals surface area contributed by atoms with Crippen LogP contribution in [0.2, 0.25) is 0 Å². The van der Waals surface area contributed by atoms with Crippen LogP contribution in [0, 0.1) is 0 Å². The Balaban J connectivity index is 1.42. The molecule has 0 radical (unpaired) electrons. The maximum atomic E-state index is 13.7. The van der Waals surface area contributed by atoms with Gasteiger partial charge in [-0.3, -0.25) is 9.48 Å². The van der Waals surface area contributed by atoms with E-state index < -0.39 is 0 Å². The van der Waals surface area contributed by atoms with Crippen LogP contribution in [-0.4, -0.2) is 54.0 Å². The molecule has 1 aliphatic heterocycles. The number of fused-ring (bicyclic) bond motifs is 1. The predicted molar refractivity (Wildman–Crippen MR) is 133 cm³/mol. The van der Waals surface area contributed by atoms with Gasteiger partial charge in [-0.25, -0.2) is 0 Å². The quantitative estimate of drug-likeness (QED) is 0.398. The van der Waals surface area contributed by atoms with E-state index >= 15 is 0 Å². The predicted octanol–water partition coefficient (Wildman–Crippen LogP) is 4.52. The van der Waals surface area contributed by atoms with Crippen LogP contribution in [0.15, 0.2) is 85.1 Å². The van der Waals surface area contributed by atoms with Gasteiger partial charge in [0, 0.05) is 18.8 Å². The number of aromatic nitrogens is 2. The second-order valence-corrected chi connectivity index (χ2v) is 8.46. The zero-order valence-corrected chi connectivity index (χ0v) is 19.8. The van der Waals surface area contributed by atoms with Crippen molar-refractivity contribution in [3.8, 4) is 28.5 Å². The molecule has 3 aromatic carbocycles. The number of methoxy groups -OCH3 is 1. The molecule has 4 aromatic rings. The van der Waals surface area contributed by atoms with E-state index in [4.69, 9.17) is 19.3 Å². The maximum Gasteiger partial charge on any atom is 0.257 e. The van der Waals surface area contributed by atoms with Crippen LogP contribution in [0.3, 0.4) is 0 Å². The summed E-state index contributed by atoms with van der Waals surface area (Å²) in [7, 11) is 3.39. The molecule has 0 aliphatic carbocycles. The van der Waals surface area contributed by atoms with Gasteiger partial charge < -0.3 is 19.1 Å².